The molecule has 0 saturated carbocycles. The van der Waals surface area contributed by atoms with Crippen LogP contribution in [0.3, 0.4) is 0 Å². The van der Waals surface area contributed by atoms with Crippen molar-refractivity contribution < 1.29 is 4.79 Å². The van der Waals surface area contributed by atoms with Crippen LogP contribution in [-0.4, -0.2) is 10.9 Å². The first-order valence-corrected chi connectivity index (χ1v) is 9.14. The van der Waals surface area contributed by atoms with Gasteiger partial charge in [0.2, 0.25) is 0 Å². The number of aromatic amines is 1. The molecule has 3 nitrogen and oxygen atoms in total. The molecular formula is C20H22N2OS. The molecule has 24 heavy (non-hydrogen) atoms. The third-order valence-electron chi connectivity index (χ3n) is 4.40. The van der Waals surface area contributed by atoms with Crippen molar-refractivity contribution in [2.75, 3.05) is 0 Å². The number of hydrogen-bond donors (Lipinski definition) is 2. The minimum atomic E-state index is -0.133. The van der Waals surface area contributed by atoms with Gasteiger partial charge in [0.15, 0.2) is 0 Å². The number of H-pyrrole nitrogens is 1. The maximum atomic E-state index is 12.5. The van der Waals surface area contributed by atoms with Gasteiger partial charge in [0.25, 0.3) is 5.91 Å². The van der Waals surface area contributed by atoms with Crippen molar-refractivity contribution >= 4 is 17.2 Å². The summed E-state index contributed by atoms with van der Waals surface area (Å²) in [6.45, 7) is 4.43. The van der Waals surface area contributed by atoms with Gasteiger partial charge in [-0.05, 0) is 47.0 Å². The first-order valence-electron chi connectivity index (χ1n) is 8.26. The van der Waals surface area contributed by atoms with Crippen LogP contribution in [0, 0.1) is 0 Å². The van der Waals surface area contributed by atoms with E-state index in [0.29, 0.717) is 11.6 Å². The fourth-order valence-electron chi connectivity index (χ4n) is 2.71. The van der Waals surface area contributed by atoms with E-state index in [0.717, 1.165) is 16.9 Å². The molecule has 0 aliphatic carbocycles. The fraction of sp³-hybridized carbons (Fsp3) is 0.250. The Morgan fingerprint density at radius 1 is 1.12 bits per heavy atom. The van der Waals surface area contributed by atoms with Gasteiger partial charge in [-0.25, -0.2) is 0 Å². The third-order valence-corrected chi connectivity index (χ3v) is 5.33. The van der Waals surface area contributed by atoms with Gasteiger partial charge in [-0.1, -0.05) is 44.2 Å². The van der Waals surface area contributed by atoms with Gasteiger partial charge in [-0.2, -0.15) is 0 Å². The normalized spacial score (nSPS) is 13.4. The molecule has 0 fully saturated rings. The summed E-state index contributed by atoms with van der Waals surface area (Å²) in [7, 11) is 0. The summed E-state index contributed by atoms with van der Waals surface area (Å²) in [5.41, 5.74) is 3.01. The lowest BCUT2D eigenvalue weighted by Gasteiger charge is -2.19. The number of aromatic nitrogens is 1. The van der Waals surface area contributed by atoms with E-state index in [-0.39, 0.29) is 11.9 Å². The van der Waals surface area contributed by atoms with E-state index in [9.17, 15) is 4.79 Å². The van der Waals surface area contributed by atoms with Crippen LogP contribution in [0.4, 0.5) is 0 Å². The molecule has 0 aliphatic rings. The summed E-state index contributed by atoms with van der Waals surface area (Å²) >= 11 is 1.66. The molecule has 3 rings (SSSR count). The predicted molar refractivity (Wildman–Crippen MR) is 99.6 cm³/mol. The zero-order valence-electron chi connectivity index (χ0n) is 14.0. The van der Waals surface area contributed by atoms with E-state index in [1.807, 2.05) is 17.5 Å². The molecule has 1 amide bonds. The van der Waals surface area contributed by atoms with Crippen LogP contribution >= 0.6 is 11.3 Å². The molecule has 2 unspecified atom stereocenters. The van der Waals surface area contributed by atoms with Gasteiger partial charge < -0.3 is 10.3 Å². The van der Waals surface area contributed by atoms with Gasteiger partial charge in [-0.15, -0.1) is 11.3 Å². The lowest BCUT2D eigenvalue weighted by Crippen LogP contribution is -2.29. The van der Waals surface area contributed by atoms with Gasteiger partial charge in [0.05, 0.1) is 6.04 Å². The number of thiophene rings is 1. The van der Waals surface area contributed by atoms with E-state index < -0.39 is 0 Å². The summed E-state index contributed by atoms with van der Waals surface area (Å²) in [5, 5.41) is 5.18. The summed E-state index contributed by atoms with van der Waals surface area (Å²) in [4.78, 5) is 16.6. The van der Waals surface area contributed by atoms with Crippen LogP contribution in [0.15, 0.2) is 60.1 Å². The maximum Gasteiger partial charge on any atom is 0.268 e. The SMILES string of the molecule is CCC(C)c1ccc(C(NC(=O)c2ccc[nH]2)c2cccs2)cc1. The van der Waals surface area contributed by atoms with Crippen molar-refractivity contribution in [3.05, 3.63) is 81.8 Å². The first kappa shape index (κ1) is 16.5. The second kappa shape index (κ2) is 7.49. The average molecular weight is 338 g/mol. The lowest BCUT2D eigenvalue weighted by molar-refractivity contribution is 0.0939. The van der Waals surface area contributed by atoms with E-state index in [2.05, 4.69) is 54.5 Å². The Bertz CT molecular complexity index is 761. The second-order valence-electron chi connectivity index (χ2n) is 5.98. The molecule has 0 spiro atoms. The quantitative estimate of drug-likeness (QED) is 0.644. The molecule has 3 aromatic rings. The second-order valence-corrected chi connectivity index (χ2v) is 6.96. The van der Waals surface area contributed by atoms with Crippen LogP contribution in [0.25, 0.3) is 0 Å². The number of rotatable bonds is 6. The number of hydrogen-bond acceptors (Lipinski definition) is 2. The Morgan fingerprint density at radius 3 is 2.46 bits per heavy atom. The molecule has 2 atom stereocenters. The first-order chi connectivity index (χ1) is 11.7. The average Bonchev–Trinajstić information content (AvgIpc) is 3.32. The van der Waals surface area contributed by atoms with Gasteiger partial charge in [0.1, 0.15) is 5.69 Å². The third kappa shape index (κ3) is 3.60. The Balaban J connectivity index is 1.87. The minimum absolute atomic E-state index is 0.0931. The van der Waals surface area contributed by atoms with Crippen molar-refractivity contribution in [3.8, 4) is 0 Å². The van der Waals surface area contributed by atoms with Crippen LogP contribution in [0.5, 0.6) is 0 Å². The smallest absolute Gasteiger partial charge is 0.268 e. The van der Waals surface area contributed by atoms with E-state index >= 15 is 0 Å². The van der Waals surface area contributed by atoms with Crippen LogP contribution < -0.4 is 5.32 Å². The van der Waals surface area contributed by atoms with Crippen molar-refractivity contribution in [2.24, 2.45) is 0 Å². The molecule has 4 heteroatoms. The Labute approximate surface area is 146 Å². The van der Waals surface area contributed by atoms with E-state index in [4.69, 9.17) is 0 Å². The van der Waals surface area contributed by atoms with Crippen LogP contribution in [0.2, 0.25) is 0 Å². The maximum absolute atomic E-state index is 12.5. The summed E-state index contributed by atoms with van der Waals surface area (Å²) < 4.78 is 0. The number of benzene rings is 1. The summed E-state index contributed by atoms with van der Waals surface area (Å²) in [6.07, 6.45) is 2.88. The zero-order chi connectivity index (χ0) is 16.9. The van der Waals surface area contributed by atoms with Crippen molar-refractivity contribution in [1.82, 2.24) is 10.3 Å². The molecule has 0 saturated heterocycles. The van der Waals surface area contributed by atoms with E-state index in [1.165, 1.54) is 5.56 Å². The van der Waals surface area contributed by atoms with Crippen molar-refractivity contribution in [1.29, 1.82) is 0 Å². The molecule has 0 bridgehead atoms. The molecule has 2 N–H and O–H groups in total. The molecule has 2 heterocycles. The molecule has 124 valence electrons. The summed E-state index contributed by atoms with van der Waals surface area (Å²) in [5.74, 6) is 0.456. The number of carbonyl (C=O) groups excluding carboxylic acids is 1. The van der Waals surface area contributed by atoms with Gasteiger partial charge >= 0.3 is 0 Å². The predicted octanol–water partition coefficient (Wildman–Crippen LogP) is 5.11. The number of amides is 1. The largest absolute Gasteiger partial charge is 0.357 e. The minimum Gasteiger partial charge on any atom is -0.357 e. The molecule has 0 aliphatic heterocycles. The van der Waals surface area contributed by atoms with Gasteiger partial charge in [-0.3, -0.25) is 4.79 Å². The molecule has 2 aromatic heterocycles. The molecular weight excluding hydrogens is 316 g/mol. The highest BCUT2D eigenvalue weighted by Gasteiger charge is 2.19. The van der Waals surface area contributed by atoms with Crippen LogP contribution in [-0.2, 0) is 0 Å². The van der Waals surface area contributed by atoms with Crippen molar-refractivity contribution in [2.45, 2.75) is 32.2 Å². The van der Waals surface area contributed by atoms with Crippen LogP contribution in [0.1, 0.15) is 58.7 Å². The lowest BCUT2D eigenvalue weighted by atomic mass is 9.95. The van der Waals surface area contributed by atoms with Crippen molar-refractivity contribution in [3.63, 3.8) is 0 Å². The molecule has 1 aromatic carbocycles. The highest BCUT2D eigenvalue weighted by atomic mass is 32.1. The van der Waals surface area contributed by atoms with E-state index in [1.54, 1.807) is 23.6 Å². The zero-order valence-corrected chi connectivity index (χ0v) is 14.8. The highest BCUT2D eigenvalue weighted by Crippen LogP contribution is 2.28. The Hall–Kier alpha value is -2.33. The number of carbonyl (C=O) groups is 1. The Kier molecular flexibility index (Phi) is 5.16. The highest BCUT2D eigenvalue weighted by molar-refractivity contribution is 7.10. The standard InChI is InChI=1S/C20H22N2OS/c1-3-14(2)15-8-10-16(11-9-15)19(18-7-5-13-24-18)22-20(23)17-6-4-12-21-17/h4-14,19,21H,3H2,1-2H3,(H,22,23). The molecule has 0 radical (unpaired) electrons. The topological polar surface area (TPSA) is 44.9 Å². The fourth-order valence-corrected chi connectivity index (χ4v) is 3.51. The number of nitrogens with one attached hydrogen (secondary N) is 2. The van der Waals surface area contributed by atoms with Gasteiger partial charge in [0, 0.05) is 11.1 Å². The Morgan fingerprint density at radius 2 is 1.88 bits per heavy atom. The summed E-state index contributed by atoms with van der Waals surface area (Å²) in [6, 6.07) is 16.2. The monoisotopic (exact) mass is 338 g/mol.